The van der Waals surface area contributed by atoms with E-state index in [2.05, 4.69) is 28.2 Å². The van der Waals surface area contributed by atoms with Crippen LogP contribution in [0.15, 0.2) is 48.7 Å². The molecule has 2 aromatic carbocycles. The van der Waals surface area contributed by atoms with E-state index in [1.807, 2.05) is 18.7 Å². The number of fused-ring (bicyclic) bond motifs is 1. The maximum Gasteiger partial charge on any atom is 0.257 e. The van der Waals surface area contributed by atoms with E-state index in [9.17, 15) is 9.18 Å². The molecule has 1 saturated heterocycles. The summed E-state index contributed by atoms with van der Waals surface area (Å²) in [7, 11) is 0. The first-order chi connectivity index (χ1) is 16.0. The maximum absolute atomic E-state index is 13.4. The van der Waals surface area contributed by atoms with Crippen molar-refractivity contribution < 1.29 is 13.9 Å². The molecule has 6 nitrogen and oxygen atoms in total. The zero-order valence-corrected chi connectivity index (χ0v) is 19.1. The van der Waals surface area contributed by atoms with Crippen molar-refractivity contribution in [1.82, 2.24) is 19.6 Å². The molecule has 2 aliphatic heterocycles. The molecule has 0 radical (unpaired) electrons. The molecule has 5 rings (SSSR count). The molecule has 172 valence electrons. The quantitative estimate of drug-likeness (QED) is 0.592. The van der Waals surface area contributed by atoms with Crippen molar-refractivity contribution in [3.8, 4) is 11.4 Å². The fourth-order valence-electron chi connectivity index (χ4n) is 4.74. The van der Waals surface area contributed by atoms with Gasteiger partial charge in [-0.3, -0.25) is 9.69 Å². The third-order valence-electron chi connectivity index (χ3n) is 6.47. The minimum absolute atomic E-state index is 0.0152. The SMILES string of the molecule is CC(C)c1c(C(=O)N2CCN(Cc3ccc4c(c3)CCO4)CC2)cnn1-c1ccc(F)cc1. The number of carbonyl (C=O) groups excluding carboxylic acids is 1. The highest BCUT2D eigenvalue weighted by Crippen LogP contribution is 2.27. The van der Waals surface area contributed by atoms with Crippen LogP contribution >= 0.6 is 0 Å². The largest absolute Gasteiger partial charge is 0.493 e. The molecular weight excluding hydrogens is 419 g/mol. The van der Waals surface area contributed by atoms with Gasteiger partial charge in [0.1, 0.15) is 11.6 Å². The van der Waals surface area contributed by atoms with E-state index in [1.165, 1.54) is 23.3 Å². The molecular formula is C26H29FN4O2. The molecule has 2 aliphatic rings. The van der Waals surface area contributed by atoms with E-state index in [1.54, 1.807) is 23.0 Å². The average Bonchev–Trinajstić information content (AvgIpc) is 3.47. The van der Waals surface area contributed by atoms with E-state index in [0.29, 0.717) is 18.7 Å². The van der Waals surface area contributed by atoms with Gasteiger partial charge in [0.05, 0.1) is 29.7 Å². The van der Waals surface area contributed by atoms with Crippen LogP contribution in [0.4, 0.5) is 4.39 Å². The van der Waals surface area contributed by atoms with Gasteiger partial charge in [0.2, 0.25) is 0 Å². The zero-order chi connectivity index (χ0) is 22.9. The van der Waals surface area contributed by atoms with E-state index < -0.39 is 0 Å². The predicted octanol–water partition coefficient (Wildman–Crippen LogP) is 4.03. The number of aromatic nitrogens is 2. The van der Waals surface area contributed by atoms with Crippen LogP contribution in [-0.4, -0.2) is 58.3 Å². The van der Waals surface area contributed by atoms with Crippen molar-refractivity contribution in [3.63, 3.8) is 0 Å². The maximum atomic E-state index is 13.4. The molecule has 0 atom stereocenters. The lowest BCUT2D eigenvalue weighted by atomic mass is 10.0. The van der Waals surface area contributed by atoms with E-state index in [-0.39, 0.29) is 17.6 Å². The van der Waals surface area contributed by atoms with Crippen LogP contribution < -0.4 is 4.74 Å². The number of carbonyl (C=O) groups is 1. The molecule has 0 aliphatic carbocycles. The monoisotopic (exact) mass is 448 g/mol. The normalized spacial score (nSPS) is 16.2. The van der Waals surface area contributed by atoms with Crippen molar-refractivity contribution in [3.05, 3.63) is 76.9 Å². The third kappa shape index (κ3) is 4.37. The number of hydrogen-bond acceptors (Lipinski definition) is 4. The molecule has 1 aromatic heterocycles. The van der Waals surface area contributed by atoms with E-state index in [4.69, 9.17) is 4.74 Å². The summed E-state index contributed by atoms with van der Waals surface area (Å²) in [5, 5.41) is 4.48. The Hall–Kier alpha value is -3.19. The third-order valence-corrected chi connectivity index (χ3v) is 6.47. The Kier molecular flexibility index (Phi) is 5.89. The highest BCUT2D eigenvalue weighted by atomic mass is 19.1. The Labute approximate surface area is 193 Å². The van der Waals surface area contributed by atoms with Crippen molar-refractivity contribution in [2.24, 2.45) is 0 Å². The molecule has 0 spiro atoms. The summed E-state index contributed by atoms with van der Waals surface area (Å²) in [6.07, 6.45) is 2.63. The second kappa shape index (κ2) is 8.98. The van der Waals surface area contributed by atoms with Crippen molar-refractivity contribution in [2.75, 3.05) is 32.8 Å². The van der Waals surface area contributed by atoms with Gasteiger partial charge >= 0.3 is 0 Å². The minimum atomic E-state index is -0.292. The highest BCUT2D eigenvalue weighted by molar-refractivity contribution is 5.95. The molecule has 33 heavy (non-hydrogen) atoms. The Bertz CT molecular complexity index is 1150. The summed E-state index contributed by atoms with van der Waals surface area (Å²) >= 11 is 0. The molecule has 1 amide bonds. The molecule has 0 unspecified atom stereocenters. The first kappa shape index (κ1) is 21.6. The Morgan fingerprint density at radius 1 is 1.09 bits per heavy atom. The molecule has 3 aromatic rings. The summed E-state index contributed by atoms with van der Waals surface area (Å²) in [5.41, 5.74) is 4.82. The summed E-state index contributed by atoms with van der Waals surface area (Å²) in [4.78, 5) is 17.7. The van der Waals surface area contributed by atoms with Crippen LogP contribution in [0.2, 0.25) is 0 Å². The fourth-order valence-corrected chi connectivity index (χ4v) is 4.74. The first-order valence-electron chi connectivity index (χ1n) is 11.6. The average molecular weight is 449 g/mol. The number of piperazine rings is 1. The van der Waals surface area contributed by atoms with E-state index in [0.717, 1.165) is 49.8 Å². The summed E-state index contributed by atoms with van der Waals surface area (Å²) < 4.78 is 20.7. The number of hydrogen-bond donors (Lipinski definition) is 0. The van der Waals surface area contributed by atoms with Gasteiger partial charge in [0.15, 0.2) is 0 Å². The van der Waals surface area contributed by atoms with Gasteiger partial charge in [0, 0.05) is 39.1 Å². The number of amides is 1. The predicted molar refractivity (Wildman–Crippen MR) is 124 cm³/mol. The van der Waals surface area contributed by atoms with Crippen molar-refractivity contribution >= 4 is 5.91 Å². The first-order valence-corrected chi connectivity index (χ1v) is 11.6. The molecule has 0 N–H and O–H groups in total. The lowest BCUT2D eigenvalue weighted by Gasteiger charge is -2.35. The minimum Gasteiger partial charge on any atom is -0.493 e. The number of nitrogens with zero attached hydrogens (tertiary/aromatic N) is 4. The van der Waals surface area contributed by atoms with Gasteiger partial charge in [0.25, 0.3) is 5.91 Å². The van der Waals surface area contributed by atoms with Crippen LogP contribution in [0.1, 0.15) is 46.9 Å². The van der Waals surface area contributed by atoms with Gasteiger partial charge in [-0.25, -0.2) is 9.07 Å². The molecule has 7 heteroatoms. The van der Waals surface area contributed by atoms with Crippen LogP contribution in [0.25, 0.3) is 5.69 Å². The van der Waals surface area contributed by atoms with Crippen molar-refractivity contribution in [1.29, 1.82) is 0 Å². The van der Waals surface area contributed by atoms with Crippen molar-refractivity contribution in [2.45, 2.75) is 32.7 Å². The second-order valence-electron chi connectivity index (χ2n) is 9.10. The fraction of sp³-hybridized carbons (Fsp3) is 0.385. The molecule has 1 fully saturated rings. The summed E-state index contributed by atoms with van der Waals surface area (Å²) in [5.74, 6) is 0.832. The molecule has 0 bridgehead atoms. The summed E-state index contributed by atoms with van der Waals surface area (Å²) in [6.45, 7) is 8.80. The summed E-state index contributed by atoms with van der Waals surface area (Å²) in [6, 6.07) is 12.7. The van der Waals surface area contributed by atoms with Gasteiger partial charge in [-0.1, -0.05) is 26.0 Å². The number of rotatable bonds is 5. The highest BCUT2D eigenvalue weighted by Gasteiger charge is 2.27. The Morgan fingerprint density at radius 3 is 2.58 bits per heavy atom. The molecule has 3 heterocycles. The molecule has 0 saturated carbocycles. The van der Waals surface area contributed by atoms with Gasteiger partial charge in [-0.05, 0) is 47.4 Å². The number of halogens is 1. The van der Waals surface area contributed by atoms with Gasteiger partial charge in [-0.15, -0.1) is 0 Å². The van der Waals surface area contributed by atoms with Crippen LogP contribution in [0.5, 0.6) is 5.75 Å². The smallest absolute Gasteiger partial charge is 0.257 e. The number of benzene rings is 2. The zero-order valence-electron chi connectivity index (χ0n) is 19.1. The standard InChI is InChI=1S/C26H29FN4O2/c1-18(2)25-23(16-28-31(25)22-6-4-21(27)5-7-22)26(32)30-12-10-29(11-13-30)17-19-3-8-24-20(15-19)9-14-33-24/h3-8,15-16,18H,9-14,17H2,1-2H3. The van der Waals surface area contributed by atoms with Crippen LogP contribution in [0.3, 0.4) is 0 Å². The van der Waals surface area contributed by atoms with Crippen LogP contribution in [0, 0.1) is 5.82 Å². The second-order valence-corrected chi connectivity index (χ2v) is 9.10. The number of ether oxygens (including phenoxy) is 1. The Balaban J connectivity index is 1.26. The lowest BCUT2D eigenvalue weighted by Crippen LogP contribution is -2.48. The van der Waals surface area contributed by atoms with E-state index >= 15 is 0 Å². The Morgan fingerprint density at radius 2 is 1.85 bits per heavy atom. The van der Waals surface area contributed by atoms with Gasteiger partial charge < -0.3 is 9.64 Å². The van der Waals surface area contributed by atoms with Crippen LogP contribution in [-0.2, 0) is 13.0 Å². The van der Waals surface area contributed by atoms with Gasteiger partial charge in [-0.2, -0.15) is 5.10 Å². The lowest BCUT2D eigenvalue weighted by molar-refractivity contribution is 0.0627. The topological polar surface area (TPSA) is 50.6 Å².